The summed E-state index contributed by atoms with van der Waals surface area (Å²) >= 11 is 10.4. The third kappa shape index (κ3) is 17.2. The molecule has 7 N–H and O–H groups in total. The number of carbonyl (C=O) groups is 5. The first kappa shape index (κ1) is 62.8. The van der Waals surface area contributed by atoms with Crippen molar-refractivity contribution in [1.29, 1.82) is 0 Å². The smallest absolute Gasteiger partial charge is 0.410 e. The van der Waals surface area contributed by atoms with Crippen molar-refractivity contribution in [1.82, 2.24) is 20.4 Å². The lowest BCUT2D eigenvalue weighted by molar-refractivity contribution is 0.00199. The second-order valence-electron chi connectivity index (χ2n) is 21.1. The van der Waals surface area contributed by atoms with Crippen molar-refractivity contribution in [3.05, 3.63) is 173 Å². The summed E-state index contributed by atoms with van der Waals surface area (Å²) in [5.41, 5.74) is 21.1. The van der Waals surface area contributed by atoms with E-state index < -0.39 is 16.1 Å². The lowest BCUT2D eigenvalue weighted by Crippen LogP contribution is -2.54. The average molecular weight is 1120 g/mol. The number of piperidine rings is 2. The number of hydrogen-bond acceptors (Lipinski definition) is 10. The molecule has 4 saturated heterocycles. The molecule has 0 aliphatic carbocycles. The lowest BCUT2D eigenvalue weighted by Gasteiger charge is -2.42. The van der Waals surface area contributed by atoms with Crippen LogP contribution in [0.15, 0.2) is 146 Å². The summed E-state index contributed by atoms with van der Waals surface area (Å²) in [6, 6.07) is 44.6. The van der Waals surface area contributed by atoms with Crippen LogP contribution in [0, 0.1) is 6.92 Å². The normalized spacial score (nSPS) is 15.7. The van der Waals surface area contributed by atoms with Gasteiger partial charge in [0.25, 0.3) is 22.3 Å². The first-order valence-electron chi connectivity index (χ1n) is 26.4. The number of amides is 3. The molecule has 0 radical (unpaired) electrons. The van der Waals surface area contributed by atoms with Gasteiger partial charge in [-0.25, -0.2) is 4.79 Å². The molecule has 4 aliphatic heterocycles. The summed E-state index contributed by atoms with van der Waals surface area (Å²) in [5, 5.41) is 8.81. The molecular formula is C64H81Cl2N7O6. The van der Waals surface area contributed by atoms with Crippen LogP contribution in [-0.4, -0.2) is 94.1 Å². The van der Waals surface area contributed by atoms with Gasteiger partial charge in [-0.15, -0.1) is 0 Å². The Balaban J connectivity index is 0.000000252. The maximum atomic E-state index is 13.0. The largest absolute Gasteiger partial charge is 0.444 e. The Kier molecular flexibility index (Phi) is 22.8. The zero-order valence-corrected chi connectivity index (χ0v) is 46.0. The molecule has 13 nitrogen and oxygen atoms in total. The van der Waals surface area contributed by atoms with E-state index in [1.165, 1.54) is 48.2 Å². The highest BCUT2D eigenvalue weighted by molar-refractivity contribution is 6.68. The van der Waals surface area contributed by atoms with E-state index in [0.29, 0.717) is 33.6 Å². The molecule has 0 aromatic heterocycles. The quantitative estimate of drug-likeness (QED) is 0.0760. The summed E-state index contributed by atoms with van der Waals surface area (Å²) in [4.78, 5) is 63.1. The third-order valence-corrected chi connectivity index (χ3v) is 15.0. The van der Waals surface area contributed by atoms with Gasteiger partial charge in [0.15, 0.2) is 0 Å². The van der Waals surface area contributed by atoms with E-state index in [9.17, 15) is 24.0 Å². The Morgan fingerprint density at radius 3 is 1.61 bits per heavy atom. The lowest BCUT2D eigenvalue weighted by atomic mass is 9.86. The zero-order valence-electron chi connectivity index (χ0n) is 44.5. The number of nitrogen functional groups attached to an aromatic ring is 2. The Bertz CT molecular complexity index is 2940. The SMILES string of the molecule is C.C.CC(C)(C)OC(=O)N1CCCC12CCNCC2.Cc1ccc(-c2ccccc2)cc1N.Nc1ccc(-c2ccccc2)cc1NC(=O)c1ccc(C(=O)N2CCC3(CCCN3)CC2)cc1.O=C(Cl)c1ccc(C(=O)Cl)cc1.[2HH]. The number of nitrogens with two attached hydrogens (primary N) is 2. The molecule has 15 heteroatoms. The van der Waals surface area contributed by atoms with Crippen LogP contribution in [0.5, 0.6) is 0 Å². The molecule has 79 heavy (non-hydrogen) atoms. The number of nitrogens with one attached hydrogen (secondary N) is 3. The number of benzene rings is 6. The molecule has 10 rings (SSSR count). The highest BCUT2D eigenvalue weighted by Gasteiger charge is 2.45. The van der Waals surface area contributed by atoms with Gasteiger partial charge in [0.2, 0.25) is 0 Å². The summed E-state index contributed by atoms with van der Waals surface area (Å²) in [7, 11) is 0. The van der Waals surface area contributed by atoms with Gasteiger partial charge in [-0.1, -0.05) is 93.7 Å². The fraction of sp³-hybridized carbons (Fsp3) is 0.359. The highest BCUT2D eigenvalue weighted by Crippen LogP contribution is 2.38. The van der Waals surface area contributed by atoms with Gasteiger partial charge in [0, 0.05) is 60.1 Å². The number of aryl methyl sites for hydroxylation is 1. The fourth-order valence-corrected chi connectivity index (χ4v) is 10.4. The maximum Gasteiger partial charge on any atom is 0.410 e. The van der Waals surface area contributed by atoms with Crippen molar-refractivity contribution in [2.45, 2.75) is 111 Å². The molecule has 4 heterocycles. The van der Waals surface area contributed by atoms with E-state index in [4.69, 9.17) is 39.4 Å². The molecule has 0 saturated carbocycles. The van der Waals surface area contributed by atoms with Gasteiger partial charge < -0.3 is 42.0 Å². The second kappa shape index (κ2) is 28.7. The molecule has 4 fully saturated rings. The Morgan fingerprint density at radius 1 is 0.582 bits per heavy atom. The van der Waals surface area contributed by atoms with Crippen molar-refractivity contribution in [3.63, 3.8) is 0 Å². The topological polar surface area (TPSA) is 189 Å². The Hall–Kier alpha value is -7.03. The minimum atomic E-state index is -0.552. The van der Waals surface area contributed by atoms with Crippen molar-refractivity contribution in [3.8, 4) is 22.3 Å². The number of hydrogen-bond donors (Lipinski definition) is 5. The first-order valence-corrected chi connectivity index (χ1v) is 27.1. The Morgan fingerprint density at radius 2 is 1.10 bits per heavy atom. The molecule has 0 unspecified atom stereocenters. The van der Waals surface area contributed by atoms with Gasteiger partial charge in [0.05, 0.1) is 11.4 Å². The second-order valence-corrected chi connectivity index (χ2v) is 21.8. The van der Waals surface area contributed by atoms with Crippen molar-refractivity contribution < 1.29 is 30.1 Å². The van der Waals surface area contributed by atoms with Gasteiger partial charge in [0.1, 0.15) is 5.60 Å². The van der Waals surface area contributed by atoms with Crippen LogP contribution in [0.3, 0.4) is 0 Å². The van der Waals surface area contributed by atoms with Crippen molar-refractivity contribution in [2.24, 2.45) is 0 Å². The van der Waals surface area contributed by atoms with Gasteiger partial charge in [-0.2, -0.15) is 0 Å². The highest BCUT2D eigenvalue weighted by atomic mass is 35.5. The molecule has 3 amide bonds. The van der Waals surface area contributed by atoms with Gasteiger partial charge in [-0.05, 0) is 216 Å². The summed E-state index contributed by atoms with van der Waals surface area (Å²) in [5.74, 6) is -0.234. The molecule has 422 valence electrons. The number of rotatable bonds is 7. The first-order chi connectivity index (χ1) is 36.8. The van der Waals surface area contributed by atoms with E-state index in [2.05, 4.69) is 40.2 Å². The third-order valence-electron chi connectivity index (χ3n) is 14.6. The predicted octanol–water partition coefficient (Wildman–Crippen LogP) is 13.9. The van der Waals surface area contributed by atoms with Crippen LogP contribution in [0.1, 0.15) is 135 Å². The molecule has 0 bridgehead atoms. The van der Waals surface area contributed by atoms with Crippen molar-refractivity contribution in [2.75, 3.05) is 56.1 Å². The molecular weight excluding hydrogens is 1030 g/mol. The number of ether oxygens (including phenoxy) is 1. The summed E-state index contributed by atoms with van der Waals surface area (Å²) < 4.78 is 5.52. The molecule has 2 spiro atoms. The minimum absolute atomic E-state index is 0. The van der Waals surface area contributed by atoms with E-state index in [-0.39, 0.29) is 45.3 Å². The fourth-order valence-electron chi connectivity index (χ4n) is 10.2. The van der Waals surface area contributed by atoms with Crippen LogP contribution < -0.4 is 27.4 Å². The number of anilines is 3. The molecule has 0 atom stereocenters. The van der Waals surface area contributed by atoms with Gasteiger partial charge in [-0.3, -0.25) is 19.2 Å². The van der Waals surface area contributed by atoms with E-state index >= 15 is 0 Å². The number of carbonyl (C=O) groups excluding carboxylic acids is 5. The number of likely N-dealkylation sites (tertiary alicyclic amines) is 2. The average Bonchev–Trinajstić information content (AvgIpc) is 4.17. The van der Waals surface area contributed by atoms with E-state index in [1.807, 2.05) is 104 Å². The molecule has 6 aromatic rings. The zero-order chi connectivity index (χ0) is 55.2. The summed E-state index contributed by atoms with van der Waals surface area (Å²) in [6.07, 6.45) is 8.67. The van der Waals surface area contributed by atoms with Crippen LogP contribution >= 0.6 is 23.2 Å². The summed E-state index contributed by atoms with van der Waals surface area (Å²) in [6.45, 7) is 13.3. The number of halogens is 2. The Labute approximate surface area is 479 Å². The van der Waals surface area contributed by atoms with E-state index in [1.54, 1.807) is 30.3 Å². The molecule has 6 aromatic carbocycles. The van der Waals surface area contributed by atoms with Gasteiger partial charge >= 0.3 is 6.09 Å². The monoisotopic (exact) mass is 1110 g/mol. The maximum absolute atomic E-state index is 13.0. The van der Waals surface area contributed by atoms with Crippen LogP contribution in [-0.2, 0) is 4.74 Å². The van der Waals surface area contributed by atoms with Crippen LogP contribution in [0.4, 0.5) is 21.9 Å². The molecule has 4 aliphatic rings. The minimum Gasteiger partial charge on any atom is -0.444 e. The van der Waals surface area contributed by atoms with E-state index in [0.717, 1.165) is 100 Å². The standard InChI is InChI=1S/C28H30N4O2.C13H24N2O2.C13H13N.C8H4Cl2O2.2CH4.H2/c29-24-12-11-23(20-5-2-1-3-6-20)19-25(24)31-26(33)21-7-9-22(10-8-21)27(34)32-17-14-28(15-18-32)13-4-16-30-28;1-12(2,3)17-11(16)15-10-4-5-13(15)6-8-14-9-7-13;1-10-7-8-12(9-13(10)14)11-5-3-2-4-6-11;9-7(11)5-1-2-6(4-3-5)8(10)12;;;/h1-3,5-12,19,30H,4,13-18,29H2,(H,31,33);14H,4-10H2,1-3H3;2-9H,14H2,1H3;1-4H;2*1H4;1H/i;;;;;;1+1. The van der Waals surface area contributed by atoms with Crippen LogP contribution in [0.2, 0.25) is 0 Å². The van der Waals surface area contributed by atoms with Crippen molar-refractivity contribution >= 4 is 68.7 Å². The predicted molar refractivity (Wildman–Crippen MR) is 326 cm³/mol. The number of nitrogens with zero attached hydrogens (tertiary/aromatic N) is 2. The van der Waals surface area contributed by atoms with Crippen LogP contribution in [0.25, 0.3) is 22.3 Å².